The average Bonchev–Trinajstić information content (AvgIpc) is 3.25. The summed E-state index contributed by atoms with van der Waals surface area (Å²) in [4.78, 5) is 4.38. The van der Waals surface area contributed by atoms with E-state index in [0.717, 1.165) is 29.9 Å². The quantitative estimate of drug-likeness (QED) is 0.747. The number of phenols is 1. The van der Waals surface area contributed by atoms with Gasteiger partial charge in [-0.1, -0.05) is 24.9 Å². The second-order valence-electron chi connectivity index (χ2n) is 5.44. The van der Waals surface area contributed by atoms with Crippen LogP contribution in [0.4, 0.5) is 0 Å². The lowest BCUT2D eigenvalue weighted by Gasteiger charge is -2.15. The van der Waals surface area contributed by atoms with Crippen LogP contribution < -0.4 is 0 Å². The van der Waals surface area contributed by atoms with Crippen LogP contribution in [0, 0.1) is 11.8 Å². The van der Waals surface area contributed by atoms with Crippen molar-refractivity contribution in [2.24, 2.45) is 0 Å². The Bertz CT molecular complexity index is 866. The van der Waals surface area contributed by atoms with Crippen molar-refractivity contribution in [3.8, 4) is 17.6 Å². The highest BCUT2D eigenvalue weighted by atomic mass is 16.5. The van der Waals surface area contributed by atoms with Crippen LogP contribution in [0.5, 0.6) is 5.75 Å². The molecule has 0 fully saturated rings. The molecule has 0 aliphatic rings. The molecule has 3 aromatic rings. The van der Waals surface area contributed by atoms with E-state index in [4.69, 9.17) is 4.52 Å². The van der Waals surface area contributed by atoms with Crippen molar-refractivity contribution in [3.63, 3.8) is 0 Å². The summed E-state index contributed by atoms with van der Waals surface area (Å²) in [6.07, 6.45) is 5.55. The zero-order chi connectivity index (χ0) is 16.9. The fourth-order valence-electron chi connectivity index (χ4n) is 2.63. The smallest absolute Gasteiger partial charge is 0.210 e. The maximum atomic E-state index is 9.28. The summed E-state index contributed by atoms with van der Waals surface area (Å²) >= 11 is 0. The normalized spacial score (nSPS) is 11.8. The molecule has 2 heterocycles. The maximum absolute atomic E-state index is 9.28. The molecule has 5 nitrogen and oxygen atoms in total. The fraction of sp³-hybridized carbons (Fsp3) is 0.263. The molecule has 2 aromatic heterocycles. The number of aromatic nitrogens is 3. The molecule has 0 spiro atoms. The Kier molecular flexibility index (Phi) is 4.66. The highest BCUT2D eigenvalue weighted by molar-refractivity contribution is 5.41. The largest absolute Gasteiger partial charge is 0.508 e. The van der Waals surface area contributed by atoms with Gasteiger partial charge in [0.25, 0.3) is 0 Å². The topological polar surface area (TPSA) is 64.1 Å². The first kappa shape index (κ1) is 15.9. The van der Waals surface area contributed by atoms with Crippen LogP contribution in [0.1, 0.15) is 49.2 Å². The third-order valence-electron chi connectivity index (χ3n) is 3.85. The molecule has 0 bridgehead atoms. The number of nitrogens with zero attached hydrogens (tertiary/aromatic N) is 3. The number of hydrogen-bond donors (Lipinski definition) is 1. The predicted molar refractivity (Wildman–Crippen MR) is 90.6 cm³/mol. The van der Waals surface area contributed by atoms with Crippen LogP contribution in [0.25, 0.3) is 0 Å². The van der Waals surface area contributed by atoms with E-state index >= 15 is 0 Å². The molecule has 24 heavy (non-hydrogen) atoms. The molecule has 0 saturated carbocycles. The van der Waals surface area contributed by atoms with Gasteiger partial charge in [-0.2, -0.15) is 0 Å². The molecule has 122 valence electrons. The third-order valence-corrected chi connectivity index (χ3v) is 3.85. The van der Waals surface area contributed by atoms with Gasteiger partial charge in [-0.3, -0.25) is 0 Å². The molecule has 1 aromatic carbocycles. The Hall–Kier alpha value is -3.00. The zero-order valence-corrected chi connectivity index (χ0v) is 13.7. The highest BCUT2D eigenvalue weighted by Crippen LogP contribution is 2.23. The molecule has 1 atom stereocenters. The van der Waals surface area contributed by atoms with Gasteiger partial charge in [0, 0.05) is 30.4 Å². The summed E-state index contributed by atoms with van der Waals surface area (Å²) < 4.78 is 7.49. The zero-order valence-electron chi connectivity index (χ0n) is 13.7. The van der Waals surface area contributed by atoms with Gasteiger partial charge in [0.15, 0.2) is 0 Å². The molecule has 1 N–H and O–H groups in total. The van der Waals surface area contributed by atoms with Crippen molar-refractivity contribution in [1.82, 2.24) is 14.7 Å². The Morgan fingerprint density at radius 3 is 2.71 bits per heavy atom. The molecule has 0 aliphatic heterocycles. The number of benzene rings is 1. The molecule has 5 heteroatoms. The highest BCUT2D eigenvalue weighted by Gasteiger charge is 2.18. The Balaban J connectivity index is 1.83. The van der Waals surface area contributed by atoms with Crippen LogP contribution in [0.2, 0.25) is 0 Å². The van der Waals surface area contributed by atoms with Gasteiger partial charge >= 0.3 is 0 Å². The predicted octanol–water partition coefficient (Wildman–Crippen LogP) is 3.54. The van der Waals surface area contributed by atoms with E-state index in [9.17, 15) is 5.11 Å². The van der Waals surface area contributed by atoms with Gasteiger partial charge in [0.2, 0.25) is 5.76 Å². The van der Waals surface area contributed by atoms with E-state index in [0.29, 0.717) is 5.76 Å². The minimum atomic E-state index is 0.0930. The molecular weight excluding hydrogens is 302 g/mol. The fourth-order valence-corrected chi connectivity index (χ4v) is 2.63. The second kappa shape index (κ2) is 7.05. The monoisotopic (exact) mass is 321 g/mol. The number of rotatable bonds is 4. The molecule has 0 saturated heterocycles. The summed E-state index contributed by atoms with van der Waals surface area (Å²) in [5.74, 6) is 7.74. The lowest BCUT2D eigenvalue weighted by Crippen LogP contribution is -2.12. The van der Waals surface area contributed by atoms with E-state index in [2.05, 4.69) is 40.4 Å². The second-order valence-corrected chi connectivity index (χ2v) is 5.44. The van der Waals surface area contributed by atoms with Crippen molar-refractivity contribution in [2.45, 2.75) is 32.7 Å². The van der Waals surface area contributed by atoms with Gasteiger partial charge in [-0.05, 0) is 36.6 Å². The standard InChI is InChI=1S/C19H19N3O2/c1-3-18(22-12-11-20-19(22)4-2)17-13-16(24-21-17)10-7-14-5-8-15(23)9-6-14/h5-6,8-9,11-13,18,23H,3-4H2,1-2H3. The third kappa shape index (κ3) is 3.33. The lowest BCUT2D eigenvalue weighted by molar-refractivity contribution is 0.388. The van der Waals surface area contributed by atoms with Crippen molar-refractivity contribution >= 4 is 0 Å². The number of phenolic OH excluding ortho intramolecular Hbond substituents is 1. The van der Waals surface area contributed by atoms with Crippen LogP contribution in [0.3, 0.4) is 0 Å². The van der Waals surface area contributed by atoms with Crippen molar-refractivity contribution in [3.05, 3.63) is 65.6 Å². The first-order valence-electron chi connectivity index (χ1n) is 8.00. The van der Waals surface area contributed by atoms with Crippen LogP contribution in [0.15, 0.2) is 47.2 Å². The SMILES string of the molecule is CCc1nccn1C(CC)c1cc(C#Cc2ccc(O)cc2)on1. The van der Waals surface area contributed by atoms with E-state index in [1.807, 2.05) is 18.5 Å². The van der Waals surface area contributed by atoms with Gasteiger partial charge < -0.3 is 14.2 Å². The lowest BCUT2D eigenvalue weighted by atomic mass is 10.1. The Morgan fingerprint density at radius 2 is 2.00 bits per heavy atom. The number of aryl methyl sites for hydroxylation is 1. The van der Waals surface area contributed by atoms with Crippen molar-refractivity contribution in [1.29, 1.82) is 0 Å². The molecule has 0 radical (unpaired) electrons. The van der Waals surface area contributed by atoms with E-state index in [-0.39, 0.29) is 11.8 Å². The number of imidazole rings is 1. The van der Waals surface area contributed by atoms with Gasteiger partial charge in [-0.25, -0.2) is 4.98 Å². The van der Waals surface area contributed by atoms with E-state index in [1.54, 1.807) is 24.3 Å². The van der Waals surface area contributed by atoms with Gasteiger partial charge in [0.05, 0.1) is 6.04 Å². The number of aromatic hydroxyl groups is 1. The van der Waals surface area contributed by atoms with Gasteiger partial charge in [0.1, 0.15) is 17.3 Å². The molecule has 0 amide bonds. The summed E-state index contributed by atoms with van der Waals surface area (Å²) in [5, 5.41) is 13.5. The van der Waals surface area contributed by atoms with E-state index in [1.165, 1.54) is 0 Å². The van der Waals surface area contributed by atoms with Crippen molar-refractivity contribution in [2.75, 3.05) is 0 Å². The Labute approximate surface area is 140 Å². The van der Waals surface area contributed by atoms with E-state index < -0.39 is 0 Å². The van der Waals surface area contributed by atoms with Crippen LogP contribution >= 0.6 is 0 Å². The summed E-state index contributed by atoms with van der Waals surface area (Å²) in [6, 6.07) is 8.69. The van der Waals surface area contributed by atoms with Gasteiger partial charge in [-0.15, -0.1) is 0 Å². The average molecular weight is 321 g/mol. The summed E-state index contributed by atoms with van der Waals surface area (Å²) in [7, 11) is 0. The summed E-state index contributed by atoms with van der Waals surface area (Å²) in [5.41, 5.74) is 1.65. The summed E-state index contributed by atoms with van der Waals surface area (Å²) in [6.45, 7) is 4.20. The van der Waals surface area contributed by atoms with Crippen molar-refractivity contribution < 1.29 is 9.63 Å². The minimum Gasteiger partial charge on any atom is -0.508 e. The number of hydrogen-bond acceptors (Lipinski definition) is 4. The molecule has 1 unspecified atom stereocenters. The minimum absolute atomic E-state index is 0.0930. The van der Waals surface area contributed by atoms with Crippen LogP contribution in [-0.4, -0.2) is 19.8 Å². The Morgan fingerprint density at radius 1 is 1.21 bits per heavy atom. The van der Waals surface area contributed by atoms with Crippen LogP contribution in [-0.2, 0) is 6.42 Å². The maximum Gasteiger partial charge on any atom is 0.210 e. The first-order valence-corrected chi connectivity index (χ1v) is 8.00. The molecule has 3 rings (SSSR count). The first-order chi connectivity index (χ1) is 11.7. The molecule has 0 aliphatic carbocycles. The molecular formula is C19H19N3O2.